The van der Waals surface area contributed by atoms with Crippen LogP contribution < -0.4 is 4.72 Å². The molecule has 0 amide bonds. The van der Waals surface area contributed by atoms with Crippen LogP contribution in [0.1, 0.15) is 6.92 Å². The molecule has 1 aromatic rings. The lowest BCUT2D eigenvalue weighted by atomic mass is 10.4. The zero-order valence-corrected chi connectivity index (χ0v) is 11.7. The molecule has 0 aromatic carbocycles. The van der Waals surface area contributed by atoms with E-state index in [9.17, 15) is 8.42 Å². The normalized spacial score (nSPS) is 14.1. The molecule has 1 rings (SSSR count). The highest BCUT2D eigenvalue weighted by molar-refractivity contribution is 9.11. The van der Waals surface area contributed by atoms with Gasteiger partial charge in [0.05, 0.1) is 15.4 Å². The van der Waals surface area contributed by atoms with Crippen molar-refractivity contribution in [2.75, 3.05) is 6.61 Å². The molecule has 0 radical (unpaired) electrons. The van der Waals surface area contributed by atoms with E-state index in [1.807, 2.05) is 0 Å². The molecule has 0 saturated heterocycles. The van der Waals surface area contributed by atoms with Crippen molar-refractivity contribution >= 4 is 48.9 Å². The zero-order chi connectivity index (χ0) is 11.6. The van der Waals surface area contributed by atoms with Crippen molar-refractivity contribution < 1.29 is 13.5 Å². The first-order chi connectivity index (χ1) is 6.86. The maximum atomic E-state index is 11.7. The van der Waals surface area contributed by atoms with Crippen LogP contribution in [-0.4, -0.2) is 26.2 Å². The van der Waals surface area contributed by atoms with E-state index in [-0.39, 0.29) is 10.8 Å². The Bertz CT molecular complexity index is 426. The van der Waals surface area contributed by atoms with E-state index in [2.05, 4.69) is 20.7 Å². The number of rotatable bonds is 4. The highest BCUT2D eigenvalue weighted by atomic mass is 79.9. The van der Waals surface area contributed by atoms with Gasteiger partial charge in [-0.25, -0.2) is 13.1 Å². The summed E-state index contributed by atoms with van der Waals surface area (Å²) in [6.07, 6.45) is 0. The van der Waals surface area contributed by atoms with Crippen molar-refractivity contribution in [3.63, 3.8) is 0 Å². The summed E-state index contributed by atoms with van der Waals surface area (Å²) in [5.74, 6) is 0. The first-order valence-corrected chi connectivity index (χ1v) is 7.42. The van der Waals surface area contributed by atoms with Crippen LogP contribution >= 0.6 is 38.9 Å². The lowest BCUT2D eigenvalue weighted by Crippen LogP contribution is -2.34. The molecule has 0 aliphatic carbocycles. The monoisotopic (exact) mass is 333 g/mol. The van der Waals surface area contributed by atoms with Crippen molar-refractivity contribution in [1.29, 1.82) is 0 Å². The fourth-order valence-corrected chi connectivity index (χ4v) is 4.47. The van der Waals surface area contributed by atoms with Crippen LogP contribution in [0.2, 0.25) is 5.02 Å². The van der Waals surface area contributed by atoms with E-state index in [4.69, 9.17) is 16.7 Å². The number of hydrogen-bond acceptors (Lipinski definition) is 4. The highest BCUT2D eigenvalue weighted by Crippen LogP contribution is 2.34. The Kier molecular flexibility index (Phi) is 4.57. The number of aliphatic hydroxyl groups excluding tert-OH is 1. The maximum absolute atomic E-state index is 11.7. The number of sulfonamides is 1. The van der Waals surface area contributed by atoms with Gasteiger partial charge in [0.25, 0.3) is 0 Å². The van der Waals surface area contributed by atoms with Crippen molar-refractivity contribution in [3.8, 4) is 0 Å². The highest BCUT2D eigenvalue weighted by Gasteiger charge is 2.20. The van der Waals surface area contributed by atoms with Gasteiger partial charge in [0.1, 0.15) is 4.21 Å². The van der Waals surface area contributed by atoms with Gasteiger partial charge in [-0.3, -0.25) is 0 Å². The lowest BCUT2D eigenvalue weighted by Gasteiger charge is -2.09. The predicted molar refractivity (Wildman–Crippen MR) is 63.9 cm³/mol. The van der Waals surface area contributed by atoms with E-state index >= 15 is 0 Å². The third-order valence-corrected chi connectivity index (χ3v) is 6.06. The molecule has 0 fully saturated rings. The molecule has 1 atom stereocenters. The number of aliphatic hydroxyl groups is 1. The van der Waals surface area contributed by atoms with Gasteiger partial charge < -0.3 is 5.11 Å². The average molecular weight is 335 g/mol. The first-order valence-electron chi connectivity index (χ1n) is 3.95. The minimum absolute atomic E-state index is 0.125. The average Bonchev–Trinajstić information content (AvgIpc) is 2.47. The molecule has 0 unspecified atom stereocenters. The second kappa shape index (κ2) is 5.11. The van der Waals surface area contributed by atoms with E-state index < -0.39 is 16.1 Å². The van der Waals surface area contributed by atoms with Crippen LogP contribution in [0.25, 0.3) is 0 Å². The van der Waals surface area contributed by atoms with Gasteiger partial charge in [-0.2, -0.15) is 0 Å². The third-order valence-electron chi connectivity index (χ3n) is 1.52. The predicted octanol–water partition coefficient (Wildman–Crippen LogP) is 1.82. The van der Waals surface area contributed by atoms with Gasteiger partial charge >= 0.3 is 0 Å². The molecule has 1 aromatic heterocycles. The fourth-order valence-electron chi connectivity index (χ4n) is 0.819. The van der Waals surface area contributed by atoms with E-state index in [0.29, 0.717) is 8.81 Å². The number of halogens is 2. The molecule has 2 N–H and O–H groups in total. The topological polar surface area (TPSA) is 66.4 Å². The Morgan fingerprint density at radius 1 is 1.73 bits per heavy atom. The Balaban J connectivity index is 2.96. The first kappa shape index (κ1) is 13.4. The van der Waals surface area contributed by atoms with Crippen LogP contribution in [0.3, 0.4) is 0 Å². The summed E-state index contributed by atoms with van der Waals surface area (Å²) in [5, 5.41) is 9.10. The van der Waals surface area contributed by atoms with Crippen LogP contribution in [0, 0.1) is 0 Å². The molecule has 0 bridgehead atoms. The molecule has 4 nitrogen and oxygen atoms in total. The molecule has 0 saturated carbocycles. The Morgan fingerprint density at radius 2 is 2.33 bits per heavy atom. The summed E-state index contributed by atoms with van der Waals surface area (Å²) in [6, 6.07) is 0.845. The SMILES string of the molecule is C[C@H](CO)NS(=O)(=O)c1cc(Cl)c(Br)s1. The lowest BCUT2D eigenvalue weighted by molar-refractivity contribution is 0.265. The van der Waals surface area contributed by atoms with E-state index in [1.54, 1.807) is 6.92 Å². The van der Waals surface area contributed by atoms with Crippen molar-refractivity contribution in [2.45, 2.75) is 17.2 Å². The van der Waals surface area contributed by atoms with Gasteiger partial charge in [-0.05, 0) is 28.9 Å². The summed E-state index contributed by atoms with van der Waals surface area (Å²) >= 11 is 9.89. The largest absolute Gasteiger partial charge is 0.395 e. The Labute approximate surface area is 105 Å². The molecule has 0 aliphatic rings. The van der Waals surface area contributed by atoms with Crippen LogP contribution in [-0.2, 0) is 10.0 Å². The van der Waals surface area contributed by atoms with Gasteiger partial charge in [0.15, 0.2) is 0 Å². The van der Waals surface area contributed by atoms with Crippen molar-refractivity contribution in [3.05, 3.63) is 14.9 Å². The smallest absolute Gasteiger partial charge is 0.250 e. The molecule has 86 valence electrons. The fraction of sp³-hybridized carbons (Fsp3) is 0.429. The van der Waals surface area contributed by atoms with Crippen LogP contribution in [0.15, 0.2) is 14.1 Å². The molecule has 1 heterocycles. The second-order valence-electron chi connectivity index (χ2n) is 2.89. The Morgan fingerprint density at radius 3 is 2.73 bits per heavy atom. The number of hydrogen-bond donors (Lipinski definition) is 2. The van der Waals surface area contributed by atoms with Gasteiger partial charge in [-0.15, -0.1) is 11.3 Å². The second-order valence-corrected chi connectivity index (χ2v) is 7.61. The van der Waals surface area contributed by atoms with Crippen molar-refractivity contribution in [2.24, 2.45) is 0 Å². The molecule has 8 heteroatoms. The van der Waals surface area contributed by atoms with E-state index in [1.165, 1.54) is 6.07 Å². The zero-order valence-electron chi connectivity index (χ0n) is 7.70. The molecule has 0 spiro atoms. The molecular weight excluding hydrogens is 326 g/mol. The number of thiophene rings is 1. The molecule has 0 aliphatic heterocycles. The van der Waals surface area contributed by atoms with Gasteiger partial charge in [0, 0.05) is 6.04 Å². The number of nitrogens with one attached hydrogen (secondary N) is 1. The Hall–Kier alpha value is 0.340. The maximum Gasteiger partial charge on any atom is 0.250 e. The van der Waals surface area contributed by atoms with Crippen LogP contribution in [0.5, 0.6) is 0 Å². The van der Waals surface area contributed by atoms with Crippen LogP contribution in [0.4, 0.5) is 0 Å². The summed E-state index contributed by atoms with van der Waals surface area (Å²) < 4.78 is 26.4. The van der Waals surface area contributed by atoms with Crippen molar-refractivity contribution in [1.82, 2.24) is 4.72 Å². The van der Waals surface area contributed by atoms with E-state index in [0.717, 1.165) is 11.3 Å². The summed E-state index contributed by atoms with van der Waals surface area (Å²) in [5.41, 5.74) is 0. The summed E-state index contributed by atoms with van der Waals surface area (Å²) in [4.78, 5) is 0. The minimum atomic E-state index is -3.58. The quantitative estimate of drug-likeness (QED) is 0.883. The molecule has 15 heavy (non-hydrogen) atoms. The van der Waals surface area contributed by atoms with Gasteiger partial charge in [-0.1, -0.05) is 11.6 Å². The molecular formula is C7H9BrClNO3S2. The summed E-state index contributed by atoms with van der Waals surface area (Å²) in [7, 11) is -3.58. The van der Waals surface area contributed by atoms with Gasteiger partial charge in [0.2, 0.25) is 10.0 Å². The standard InChI is InChI=1S/C7H9BrClNO3S2/c1-4(3-11)10-15(12,13)6-2-5(9)7(8)14-6/h2,4,10-11H,3H2,1H3/t4-/m1/s1. The minimum Gasteiger partial charge on any atom is -0.395 e. The third kappa shape index (κ3) is 3.40. The summed E-state index contributed by atoms with van der Waals surface area (Å²) in [6.45, 7) is 1.32.